The van der Waals surface area contributed by atoms with Crippen LogP contribution in [0.4, 0.5) is 0 Å². The van der Waals surface area contributed by atoms with Crippen molar-refractivity contribution < 1.29 is 33.8 Å². The SMILES string of the molecule is O=C1CCC(N2C(=O)c3ccc(C4CCN(C5CCN(CCOc6ccc(Oc7c(-c8ccc(Br)cc8)sc8cc(O)ccc78)cc6)CC5)CC4)cc3C2=O)C(=O)N1. The maximum atomic E-state index is 13.4. The van der Waals surface area contributed by atoms with E-state index in [4.69, 9.17) is 9.47 Å². The van der Waals surface area contributed by atoms with Crippen molar-refractivity contribution in [3.05, 3.63) is 106 Å². The van der Waals surface area contributed by atoms with Gasteiger partial charge in [0.1, 0.15) is 29.9 Å². The van der Waals surface area contributed by atoms with Crippen LogP contribution in [0.5, 0.6) is 23.0 Å². The summed E-state index contributed by atoms with van der Waals surface area (Å²) in [5, 5.41) is 13.3. The lowest BCUT2D eigenvalue weighted by atomic mass is 9.86. The Morgan fingerprint density at radius 1 is 0.776 bits per heavy atom. The third kappa shape index (κ3) is 7.75. The van der Waals surface area contributed by atoms with Crippen LogP contribution in [0.1, 0.15) is 70.7 Å². The molecule has 2 N–H and O–H groups in total. The molecule has 1 aromatic heterocycles. The molecule has 1 atom stereocenters. The lowest BCUT2D eigenvalue weighted by Gasteiger charge is -2.42. The van der Waals surface area contributed by atoms with Gasteiger partial charge in [0.2, 0.25) is 11.8 Å². The zero-order valence-corrected chi connectivity index (χ0v) is 34.2. The summed E-state index contributed by atoms with van der Waals surface area (Å²) in [6, 6.07) is 26.4. The number of amides is 4. The molecule has 0 saturated carbocycles. The number of likely N-dealkylation sites (tertiary alicyclic amines) is 2. The van der Waals surface area contributed by atoms with Crippen LogP contribution >= 0.6 is 27.3 Å². The molecule has 0 spiro atoms. The van der Waals surface area contributed by atoms with Crippen LogP contribution in [-0.2, 0) is 9.59 Å². The second-order valence-corrected chi connectivity index (χ2v) is 17.5. The first-order valence-electron chi connectivity index (χ1n) is 19.9. The topological polar surface area (TPSA) is 129 Å². The fraction of sp³-hybridized carbons (Fsp3) is 0.333. The normalized spacial score (nSPS) is 19.8. The van der Waals surface area contributed by atoms with E-state index in [9.17, 15) is 24.3 Å². The summed E-state index contributed by atoms with van der Waals surface area (Å²) in [6.07, 6.45) is 4.45. The average Bonchev–Trinajstić information content (AvgIpc) is 3.71. The van der Waals surface area contributed by atoms with Gasteiger partial charge >= 0.3 is 0 Å². The Kier molecular flexibility index (Phi) is 10.8. The van der Waals surface area contributed by atoms with E-state index >= 15 is 0 Å². The Bertz CT molecular complexity index is 2380. The van der Waals surface area contributed by atoms with Gasteiger partial charge in [0, 0.05) is 33.6 Å². The van der Waals surface area contributed by atoms with Gasteiger partial charge in [-0.05, 0) is 142 Å². The molecule has 9 rings (SSSR count). The van der Waals surface area contributed by atoms with E-state index in [2.05, 4.69) is 43.2 Å². The van der Waals surface area contributed by atoms with Crippen LogP contribution in [0, 0.1) is 0 Å². The van der Waals surface area contributed by atoms with Gasteiger partial charge in [0.25, 0.3) is 11.8 Å². The number of nitrogens with one attached hydrogen (secondary N) is 1. The number of phenols is 1. The highest BCUT2D eigenvalue weighted by atomic mass is 79.9. The van der Waals surface area contributed by atoms with Crippen LogP contribution in [0.3, 0.4) is 0 Å². The Morgan fingerprint density at radius 2 is 1.50 bits per heavy atom. The van der Waals surface area contributed by atoms with E-state index in [0.717, 1.165) is 105 Å². The van der Waals surface area contributed by atoms with Gasteiger partial charge in [0.05, 0.1) is 16.0 Å². The summed E-state index contributed by atoms with van der Waals surface area (Å²) in [6.45, 7) is 5.49. The smallest absolute Gasteiger partial charge is 0.262 e. The molecule has 58 heavy (non-hydrogen) atoms. The molecule has 0 aliphatic carbocycles. The van der Waals surface area contributed by atoms with Gasteiger partial charge in [0.15, 0.2) is 5.75 Å². The number of thiophene rings is 1. The number of hydrogen-bond donors (Lipinski definition) is 2. The predicted octanol–water partition coefficient (Wildman–Crippen LogP) is 7.95. The Hall–Kier alpha value is -5.08. The third-order valence-corrected chi connectivity index (χ3v) is 13.7. The molecule has 13 heteroatoms. The molecular weight excluding hydrogens is 820 g/mol. The minimum Gasteiger partial charge on any atom is -0.508 e. The molecule has 1 unspecified atom stereocenters. The van der Waals surface area contributed by atoms with Crippen molar-refractivity contribution in [1.29, 1.82) is 0 Å². The number of fused-ring (bicyclic) bond motifs is 2. The average molecular weight is 864 g/mol. The number of aromatic hydroxyl groups is 1. The zero-order valence-electron chi connectivity index (χ0n) is 31.8. The number of rotatable bonds is 10. The third-order valence-electron chi connectivity index (χ3n) is 12.0. The lowest BCUT2D eigenvalue weighted by molar-refractivity contribution is -0.136. The van der Waals surface area contributed by atoms with Crippen molar-refractivity contribution >= 4 is 61.0 Å². The van der Waals surface area contributed by atoms with Crippen molar-refractivity contribution in [2.24, 2.45) is 0 Å². The van der Waals surface area contributed by atoms with Gasteiger partial charge in [-0.15, -0.1) is 11.3 Å². The molecule has 3 saturated heterocycles. The van der Waals surface area contributed by atoms with Gasteiger partial charge < -0.3 is 19.5 Å². The number of halogens is 1. The quantitative estimate of drug-likeness (QED) is 0.135. The number of hydrogen-bond acceptors (Lipinski definition) is 10. The molecule has 0 radical (unpaired) electrons. The highest BCUT2D eigenvalue weighted by Gasteiger charge is 2.45. The Balaban J connectivity index is 0.732. The minimum absolute atomic E-state index is 0.105. The van der Waals surface area contributed by atoms with Gasteiger partial charge in [-0.2, -0.15) is 0 Å². The first kappa shape index (κ1) is 38.4. The molecule has 5 aromatic rings. The number of nitrogens with zero attached hydrogens (tertiary/aromatic N) is 3. The zero-order chi connectivity index (χ0) is 39.9. The molecule has 11 nitrogen and oxygen atoms in total. The van der Waals surface area contributed by atoms with Crippen LogP contribution in [-0.4, -0.2) is 94.8 Å². The second-order valence-electron chi connectivity index (χ2n) is 15.5. The van der Waals surface area contributed by atoms with Crippen molar-refractivity contribution in [3.8, 4) is 33.4 Å². The predicted molar refractivity (Wildman–Crippen MR) is 225 cm³/mol. The summed E-state index contributed by atoms with van der Waals surface area (Å²) in [7, 11) is 0. The first-order chi connectivity index (χ1) is 28.2. The molecule has 4 aromatic carbocycles. The maximum absolute atomic E-state index is 13.4. The first-order valence-corrected chi connectivity index (χ1v) is 21.5. The fourth-order valence-corrected chi connectivity index (χ4v) is 10.3. The number of piperidine rings is 3. The van der Waals surface area contributed by atoms with E-state index in [-0.39, 0.29) is 24.5 Å². The van der Waals surface area contributed by atoms with E-state index < -0.39 is 23.8 Å². The fourth-order valence-electron chi connectivity index (χ4n) is 8.82. The van der Waals surface area contributed by atoms with Crippen LogP contribution in [0.25, 0.3) is 20.5 Å². The largest absolute Gasteiger partial charge is 0.508 e. The number of carbonyl (C=O) groups is 4. The number of imide groups is 2. The highest BCUT2D eigenvalue weighted by Crippen LogP contribution is 2.47. The molecule has 3 fully saturated rings. The molecular formula is C45H43BrN4O7S. The Labute approximate surface area is 348 Å². The van der Waals surface area contributed by atoms with E-state index in [1.54, 1.807) is 29.5 Å². The molecule has 4 amide bonds. The highest BCUT2D eigenvalue weighted by molar-refractivity contribution is 9.10. The standard InChI is InChI=1S/C45H43BrN4O7S/c46-30-4-1-28(2-5-30)42-41(36-12-6-32(51)26-39(36)58-42)57-34-9-7-33(8-10-34)56-24-23-48-19-17-31(18-20-48)49-21-15-27(16-22-49)29-3-11-35-37(25-29)45(55)50(44(35)54)38-13-14-40(52)47-43(38)53/h1-12,25-27,31,38,51H,13-24H2,(H,47,52,53). The summed E-state index contributed by atoms with van der Waals surface area (Å²) < 4.78 is 14.6. The van der Waals surface area contributed by atoms with E-state index in [0.29, 0.717) is 35.4 Å². The molecule has 5 heterocycles. The maximum Gasteiger partial charge on any atom is 0.262 e. The summed E-state index contributed by atoms with van der Waals surface area (Å²) >= 11 is 5.11. The van der Waals surface area contributed by atoms with Gasteiger partial charge in [-0.1, -0.05) is 34.1 Å². The van der Waals surface area contributed by atoms with Gasteiger partial charge in [-0.3, -0.25) is 34.3 Å². The van der Waals surface area contributed by atoms with E-state index in [1.165, 1.54) is 0 Å². The number of ether oxygens (including phenoxy) is 2. The van der Waals surface area contributed by atoms with E-state index in [1.807, 2.05) is 54.6 Å². The number of phenolic OH excluding ortho intramolecular Hbond substituents is 1. The monoisotopic (exact) mass is 862 g/mol. The van der Waals surface area contributed by atoms with Crippen molar-refractivity contribution in [3.63, 3.8) is 0 Å². The number of benzene rings is 4. The Morgan fingerprint density at radius 3 is 2.24 bits per heavy atom. The van der Waals surface area contributed by atoms with Crippen LogP contribution < -0.4 is 14.8 Å². The van der Waals surface area contributed by atoms with Crippen LogP contribution in [0.15, 0.2) is 89.4 Å². The molecule has 4 aliphatic rings. The summed E-state index contributed by atoms with van der Waals surface area (Å²) in [5.41, 5.74) is 2.79. The van der Waals surface area contributed by atoms with Crippen molar-refractivity contribution in [2.45, 2.75) is 56.5 Å². The molecule has 298 valence electrons. The van der Waals surface area contributed by atoms with Crippen LogP contribution in [0.2, 0.25) is 0 Å². The molecule has 0 bridgehead atoms. The molecule has 4 aliphatic heterocycles. The van der Waals surface area contributed by atoms with Gasteiger partial charge in [-0.25, -0.2) is 0 Å². The number of carbonyl (C=O) groups excluding carboxylic acids is 4. The summed E-state index contributed by atoms with van der Waals surface area (Å²) in [5.74, 6) is 0.906. The summed E-state index contributed by atoms with van der Waals surface area (Å²) in [4.78, 5) is 57.7. The van der Waals surface area contributed by atoms with Crippen molar-refractivity contribution in [2.75, 3.05) is 39.3 Å². The minimum atomic E-state index is -0.954. The lowest BCUT2D eigenvalue weighted by Crippen LogP contribution is -2.54. The second kappa shape index (κ2) is 16.3. The van der Waals surface area contributed by atoms with Crippen molar-refractivity contribution in [1.82, 2.24) is 20.0 Å².